The molecule has 1 aromatic heterocycles. The van der Waals surface area contributed by atoms with Crippen LogP contribution in [0, 0.1) is 5.41 Å². The van der Waals surface area contributed by atoms with Gasteiger partial charge in [-0.25, -0.2) is 4.98 Å². The zero-order valence-electron chi connectivity index (χ0n) is 11.4. The maximum absolute atomic E-state index is 11.5. The molecule has 1 aromatic rings. The van der Waals surface area contributed by atoms with Gasteiger partial charge >= 0.3 is 0 Å². The van der Waals surface area contributed by atoms with Gasteiger partial charge in [0, 0.05) is 18.5 Å². The fraction of sp³-hybridized carbons (Fsp3) is 0.692. The first-order chi connectivity index (χ1) is 7.84. The molecule has 0 saturated carbocycles. The predicted molar refractivity (Wildman–Crippen MR) is 71.5 cm³/mol. The molecular weight excluding hydrogens is 214 g/mol. The van der Waals surface area contributed by atoms with Crippen LogP contribution in [-0.4, -0.2) is 16.5 Å². The molecule has 2 N–H and O–H groups in total. The summed E-state index contributed by atoms with van der Waals surface area (Å²) in [6.07, 6.45) is 1.08. The summed E-state index contributed by atoms with van der Waals surface area (Å²) in [7, 11) is 0. The standard InChI is InChI=1S/C13H23N3O/c1-6-13(4,5)8-14-10-7-11(17)16-12(15-10)9(2)3/h7,9H,6,8H2,1-5H3,(H2,14,15,16,17). The van der Waals surface area contributed by atoms with Gasteiger partial charge < -0.3 is 10.3 Å². The topological polar surface area (TPSA) is 57.8 Å². The number of aromatic nitrogens is 2. The third-order valence-electron chi connectivity index (χ3n) is 3.01. The number of aromatic amines is 1. The Balaban J connectivity index is 2.82. The van der Waals surface area contributed by atoms with Crippen LogP contribution >= 0.6 is 0 Å². The second-order valence-electron chi connectivity index (χ2n) is 5.54. The summed E-state index contributed by atoms with van der Waals surface area (Å²) in [4.78, 5) is 18.6. The molecule has 0 radical (unpaired) electrons. The first-order valence-electron chi connectivity index (χ1n) is 6.19. The minimum Gasteiger partial charge on any atom is -0.369 e. The van der Waals surface area contributed by atoms with Gasteiger partial charge in [-0.05, 0) is 11.8 Å². The van der Waals surface area contributed by atoms with E-state index in [0.29, 0.717) is 5.82 Å². The van der Waals surface area contributed by atoms with Crippen molar-refractivity contribution in [3.05, 3.63) is 22.2 Å². The van der Waals surface area contributed by atoms with Gasteiger partial charge in [-0.15, -0.1) is 0 Å². The van der Waals surface area contributed by atoms with Crippen LogP contribution in [0.25, 0.3) is 0 Å². The fourth-order valence-corrected chi connectivity index (χ4v) is 1.30. The number of hydrogen-bond acceptors (Lipinski definition) is 3. The van der Waals surface area contributed by atoms with Gasteiger partial charge in [0.05, 0.1) is 0 Å². The molecule has 17 heavy (non-hydrogen) atoms. The van der Waals surface area contributed by atoms with Crippen LogP contribution in [0.4, 0.5) is 5.82 Å². The molecule has 0 unspecified atom stereocenters. The second kappa shape index (κ2) is 5.34. The van der Waals surface area contributed by atoms with E-state index in [1.54, 1.807) is 0 Å². The summed E-state index contributed by atoms with van der Waals surface area (Å²) in [5.41, 5.74) is 0.114. The maximum atomic E-state index is 11.5. The molecule has 0 fully saturated rings. The van der Waals surface area contributed by atoms with Gasteiger partial charge in [-0.1, -0.05) is 34.6 Å². The number of H-pyrrole nitrogens is 1. The highest BCUT2D eigenvalue weighted by molar-refractivity contribution is 5.33. The van der Waals surface area contributed by atoms with Gasteiger partial charge in [-0.3, -0.25) is 4.79 Å². The van der Waals surface area contributed by atoms with E-state index in [1.165, 1.54) is 6.07 Å². The van der Waals surface area contributed by atoms with E-state index in [4.69, 9.17) is 0 Å². The first-order valence-corrected chi connectivity index (χ1v) is 6.19. The van der Waals surface area contributed by atoms with Gasteiger partial charge in [0.25, 0.3) is 5.56 Å². The van der Waals surface area contributed by atoms with Crippen LogP contribution in [0.15, 0.2) is 10.9 Å². The van der Waals surface area contributed by atoms with Crippen LogP contribution in [0.2, 0.25) is 0 Å². The molecule has 0 aliphatic rings. The van der Waals surface area contributed by atoms with Crippen molar-refractivity contribution in [1.82, 2.24) is 9.97 Å². The van der Waals surface area contributed by atoms with Crippen LogP contribution < -0.4 is 10.9 Å². The van der Waals surface area contributed by atoms with E-state index in [1.807, 2.05) is 13.8 Å². The van der Waals surface area contributed by atoms with Crippen molar-refractivity contribution in [2.75, 3.05) is 11.9 Å². The zero-order chi connectivity index (χ0) is 13.1. The SMILES string of the molecule is CCC(C)(C)CNc1cc(=O)[nH]c(C(C)C)n1. The molecule has 0 aliphatic heterocycles. The number of nitrogens with zero attached hydrogens (tertiary/aromatic N) is 1. The Kier molecular flexibility index (Phi) is 4.32. The summed E-state index contributed by atoms with van der Waals surface area (Å²) in [5, 5.41) is 3.24. The van der Waals surface area contributed by atoms with Crippen LogP contribution in [0.1, 0.15) is 52.8 Å². The number of hydrogen-bond donors (Lipinski definition) is 2. The molecule has 0 amide bonds. The Hall–Kier alpha value is -1.32. The van der Waals surface area contributed by atoms with Gasteiger partial charge in [0.1, 0.15) is 11.6 Å². The zero-order valence-corrected chi connectivity index (χ0v) is 11.4. The fourth-order valence-electron chi connectivity index (χ4n) is 1.30. The molecular formula is C13H23N3O. The number of nitrogens with one attached hydrogen (secondary N) is 2. The highest BCUT2D eigenvalue weighted by Gasteiger charge is 2.15. The second-order valence-corrected chi connectivity index (χ2v) is 5.54. The molecule has 0 aliphatic carbocycles. The lowest BCUT2D eigenvalue weighted by Gasteiger charge is -2.23. The van der Waals surface area contributed by atoms with Crippen molar-refractivity contribution in [3.63, 3.8) is 0 Å². The average Bonchev–Trinajstić information content (AvgIpc) is 2.26. The minimum atomic E-state index is -0.0968. The molecule has 0 aromatic carbocycles. The lowest BCUT2D eigenvalue weighted by Crippen LogP contribution is -2.24. The van der Waals surface area contributed by atoms with E-state index in [0.717, 1.165) is 18.8 Å². The summed E-state index contributed by atoms with van der Waals surface area (Å²) >= 11 is 0. The van der Waals surface area contributed by atoms with E-state index in [-0.39, 0.29) is 16.9 Å². The maximum Gasteiger partial charge on any atom is 0.252 e. The van der Waals surface area contributed by atoms with E-state index >= 15 is 0 Å². The first kappa shape index (κ1) is 13.7. The Morgan fingerprint density at radius 2 is 2.12 bits per heavy atom. The van der Waals surface area contributed by atoms with Crippen molar-refractivity contribution in [2.45, 2.75) is 47.0 Å². The predicted octanol–water partition coefficient (Wildman–Crippen LogP) is 2.74. The average molecular weight is 237 g/mol. The molecule has 0 bridgehead atoms. The van der Waals surface area contributed by atoms with Crippen LogP contribution in [0.3, 0.4) is 0 Å². The third kappa shape index (κ3) is 4.21. The van der Waals surface area contributed by atoms with Crippen molar-refractivity contribution < 1.29 is 0 Å². The van der Waals surface area contributed by atoms with E-state index in [9.17, 15) is 4.79 Å². The number of anilines is 1. The molecule has 0 atom stereocenters. The van der Waals surface area contributed by atoms with Gasteiger partial charge in [0.15, 0.2) is 0 Å². The Morgan fingerprint density at radius 1 is 1.47 bits per heavy atom. The van der Waals surface area contributed by atoms with E-state index < -0.39 is 0 Å². The van der Waals surface area contributed by atoms with E-state index in [2.05, 4.69) is 36.1 Å². The molecule has 0 spiro atoms. The quantitative estimate of drug-likeness (QED) is 0.828. The summed E-state index contributed by atoms with van der Waals surface area (Å²) in [6.45, 7) is 11.4. The van der Waals surface area contributed by atoms with Crippen molar-refractivity contribution in [2.24, 2.45) is 5.41 Å². The molecule has 4 heteroatoms. The lowest BCUT2D eigenvalue weighted by atomic mass is 9.90. The minimum absolute atomic E-state index is 0.0968. The number of rotatable bonds is 5. The highest BCUT2D eigenvalue weighted by Crippen LogP contribution is 2.19. The Labute approximate surface area is 103 Å². The van der Waals surface area contributed by atoms with Crippen molar-refractivity contribution in [1.29, 1.82) is 0 Å². The monoisotopic (exact) mass is 237 g/mol. The Bertz CT molecular complexity index is 421. The van der Waals surface area contributed by atoms with Gasteiger partial charge in [0.2, 0.25) is 0 Å². The molecule has 96 valence electrons. The van der Waals surface area contributed by atoms with Crippen molar-refractivity contribution >= 4 is 5.82 Å². The summed E-state index contributed by atoms with van der Waals surface area (Å²) in [5.74, 6) is 1.62. The largest absolute Gasteiger partial charge is 0.369 e. The smallest absolute Gasteiger partial charge is 0.252 e. The normalized spacial score (nSPS) is 11.9. The molecule has 1 heterocycles. The van der Waals surface area contributed by atoms with Gasteiger partial charge in [-0.2, -0.15) is 0 Å². The van der Waals surface area contributed by atoms with Crippen LogP contribution in [-0.2, 0) is 0 Å². The summed E-state index contributed by atoms with van der Waals surface area (Å²) < 4.78 is 0. The summed E-state index contributed by atoms with van der Waals surface area (Å²) in [6, 6.07) is 1.51. The molecule has 1 rings (SSSR count). The molecule has 0 saturated heterocycles. The lowest BCUT2D eigenvalue weighted by molar-refractivity contribution is 0.376. The Morgan fingerprint density at radius 3 is 2.65 bits per heavy atom. The molecule has 4 nitrogen and oxygen atoms in total. The third-order valence-corrected chi connectivity index (χ3v) is 3.01. The highest BCUT2D eigenvalue weighted by atomic mass is 16.1. The van der Waals surface area contributed by atoms with Crippen molar-refractivity contribution in [3.8, 4) is 0 Å². The van der Waals surface area contributed by atoms with Crippen LogP contribution in [0.5, 0.6) is 0 Å².